The highest BCUT2D eigenvalue weighted by Crippen LogP contribution is 2.27. The van der Waals surface area contributed by atoms with Crippen molar-refractivity contribution in [3.63, 3.8) is 0 Å². The Morgan fingerprint density at radius 3 is 2.59 bits per heavy atom. The number of aromatic nitrogens is 4. The standard InChI is InChI=1S/C19H17Cl2N5O2S/c20-14-3-6-17(16(21)11-14)26-19(22-23-24-26)29-12-18(27)13-1-4-15(5-2-13)25-7-9-28-10-8-25/h1-6,11H,7-10,12H2. The van der Waals surface area contributed by atoms with Gasteiger partial charge in [-0.2, -0.15) is 4.68 Å². The topological polar surface area (TPSA) is 73.1 Å². The summed E-state index contributed by atoms with van der Waals surface area (Å²) >= 11 is 13.4. The zero-order valence-electron chi connectivity index (χ0n) is 15.3. The molecule has 2 heterocycles. The van der Waals surface area contributed by atoms with E-state index in [2.05, 4.69) is 20.4 Å². The second-order valence-electron chi connectivity index (χ2n) is 6.33. The first-order chi connectivity index (χ1) is 14.1. The average molecular weight is 450 g/mol. The molecule has 1 fully saturated rings. The second kappa shape index (κ2) is 9.13. The van der Waals surface area contributed by atoms with Crippen LogP contribution in [0.5, 0.6) is 0 Å². The SMILES string of the molecule is O=C(CSc1nnnn1-c1ccc(Cl)cc1Cl)c1ccc(N2CCOCC2)cc1. The maximum atomic E-state index is 12.6. The number of carbonyl (C=O) groups excluding carboxylic acids is 1. The second-order valence-corrected chi connectivity index (χ2v) is 8.11. The number of carbonyl (C=O) groups is 1. The third kappa shape index (κ3) is 4.72. The first-order valence-corrected chi connectivity index (χ1v) is 10.7. The maximum Gasteiger partial charge on any atom is 0.214 e. The number of halogens is 2. The van der Waals surface area contributed by atoms with E-state index >= 15 is 0 Å². The fourth-order valence-corrected chi connectivity index (χ4v) is 4.23. The summed E-state index contributed by atoms with van der Waals surface area (Å²) in [5, 5.41) is 13.1. The molecule has 0 aliphatic carbocycles. The summed E-state index contributed by atoms with van der Waals surface area (Å²) in [7, 11) is 0. The van der Waals surface area contributed by atoms with Crippen molar-refractivity contribution < 1.29 is 9.53 Å². The zero-order chi connectivity index (χ0) is 20.2. The summed E-state index contributed by atoms with van der Waals surface area (Å²) in [6.45, 7) is 3.17. The van der Waals surface area contributed by atoms with E-state index in [0.29, 0.717) is 26.5 Å². The number of benzene rings is 2. The fourth-order valence-electron chi connectivity index (χ4n) is 2.97. The third-order valence-corrected chi connectivity index (χ3v) is 5.93. The summed E-state index contributed by atoms with van der Waals surface area (Å²) in [6.07, 6.45) is 0. The highest BCUT2D eigenvalue weighted by molar-refractivity contribution is 7.99. The lowest BCUT2D eigenvalue weighted by molar-refractivity contribution is 0.102. The Kier molecular flexibility index (Phi) is 6.34. The van der Waals surface area contributed by atoms with Crippen LogP contribution in [0.1, 0.15) is 10.4 Å². The number of morpholine rings is 1. The van der Waals surface area contributed by atoms with E-state index in [0.717, 1.165) is 32.0 Å². The number of Topliss-reactive ketones (excluding diaryl/α,β-unsaturated/α-hetero) is 1. The van der Waals surface area contributed by atoms with Gasteiger partial charge in [-0.25, -0.2) is 0 Å². The van der Waals surface area contributed by atoms with Crippen molar-refractivity contribution in [2.45, 2.75) is 5.16 Å². The van der Waals surface area contributed by atoms with E-state index in [1.54, 1.807) is 18.2 Å². The Morgan fingerprint density at radius 2 is 1.86 bits per heavy atom. The molecule has 3 aromatic rings. The largest absolute Gasteiger partial charge is 0.378 e. The minimum atomic E-state index is 0.000260. The van der Waals surface area contributed by atoms with Gasteiger partial charge in [-0.3, -0.25) is 4.79 Å². The first kappa shape index (κ1) is 20.2. The Morgan fingerprint density at radius 1 is 1.10 bits per heavy atom. The zero-order valence-corrected chi connectivity index (χ0v) is 17.6. The van der Waals surface area contributed by atoms with Crippen LogP contribution in [-0.4, -0.2) is 58.0 Å². The van der Waals surface area contributed by atoms with Gasteiger partial charge in [0, 0.05) is 29.4 Å². The van der Waals surface area contributed by atoms with E-state index in [1.165, 1.54) is 16.4 Å². The molecule has 7 nitrogen and oxygen atoms in total. The molecule has 10 heteroatoms. The number of ether oxygens (including phenoxy) is 1. The van der Waals surface area contributed by atoms with E-state index in [1.807, 2.05) is 24.3 Å². The lowest BCUT2D eigenvalue weighted by Crippen LogP contribution is -2.36. The maximum absolute atomic E-state index is 12.6. The van der Waals surface area contributed by atoms with Gasteiger partial charge in [0.2, 0.25) is 5.16 Å². The number of hydrogen-bond acceptors (Lipinski definition) is 7. The van der Waals surface area contributed by atoms with Crippen LogP contribution in [0.25, 0.3) is 5.69 Å². The van der Waals surface area contributed by atoms with Gasteiger partial charge in [-0.05, 0) is 52.9 Å². The molecule has 150 valence electrons. The number of ketones is 1. The lowest BCUT2D eigenvalue weighted by Gasteiger charge is -2.28. The summed E-state index contributed by atoms with van der Waals surface area (Å²) in [6, 6.07) is 12.7. The molecule has 4 rings (SSSR count). The van der Waals surface area contributed by atoms with Gasteiger partial charge >= 0.3 is 0 Å². The summed E-state index contributed by atoms with van der Waals surface area (Å²) in [5.74, 6) is 0.211. The van der Waals surface area contributed by atoms with Gasteiger partial charge in [0.25, 0.3) is 0 Å². The van der Waals surface area contributed by atoms with Crippen molar-refractivity contribution >= 4 is 46.4 Å². The van der Waals surface area contributed by atoms with Crippen molar-refractivity contribution in [3.05, 3.63) is 58.1 Å². The summed E-state index contributed by atoms with van der Waals surface area (Å²) in [5.41, 5.74) is 2.35. The molecule has 0 unspecified atom stereocenters. The number of nitrogens with zero attached hydrogens (tertiary/aromatic N) is 5. The molecule has 1 saturated heterocycles. The quantitative estimate of drug-likeness (QED) is 0.418. The van der Waals surface area contributed by atoms with Crippen LogP contribution < -0.4 is 4.90 Å². The molecule has 1 aliphatic heterocycles. The van der Waals surface area contributed by atoms with Crippen molar-refractivity contribution in [2.75, 3.05) is 37.0 Å². The van der Waals surface area contributed by atoms with Crippen LogP contribution in [0.4, 0.5) is 5.69 Å². The molecular formula is C19H17Cl2N5O2S. The average Bonchev–Trinajstić information content (AvgIpc) is 3.21. The normalized spacial score (nSPS) is 14.2. The van der Waals surface area contributed by atoms with Crippen LogP contribution in [0.2, 0.25) is 10.0 Å². The monoisotopic (exact) mass is 449 g/mol. The molecule has 0 atom stereocenters. The molecule has 0 N–H and O–H groups in total. The third-order valence-electron chi connectivity index (χ3n) is 4.48. The van der Waals surface area contributed by atoms with E-state index < -0.39 is 0 Å². The van der Waals surface area contributed by atoms with Crippen LogP contribution in [0.15, 0.2) is 47.6 Å². The highest BCUT2D eigenvalue weighted by Gasteiger charge is 2.16. The van der Waals surface area contributed by atoms with Crippen LogP contribution in [0, 0.1) is 0 Å². The molecule has 0 saturated carbocycles. The minimum absolute atomic E-state index is 0.000260. The summed E-state index contributed by atoms with van der Waals surface area (Å²) < 4.78 is 6.87. The number of thioether (sulfide) groups is 1. The minimum Gasteiger partial charge on any atom is -0.378 e. The number of hydrogen-bond donors (Lipinski definition) is 0. The van der Waals surface area contributed by atoms with Crippen molar-refractivity contribution in [2.24, 2.45) is 0 Å². The predicted molar refractivity (Wildman–Crippen MR) is 114 cm³/mol. The molecule has 0 radical (unpaired) electrons. The van der Waals surface area contributed by atoms with Crippen molar-refractivity contribution in [1.82, 2.24) is 20.2 Å². The number of tetrazole rings is 1. The Balaban J connectivity index is 1.42. The van der Waals surface area contributed by atoms with E-state index in [4.69, 9.17) is 27.9 Å². The number of rotatable bonds is 6. The first-order valence-electron chi connectivity index (χ1n) is 8.94. The molecule has 29 heavy (non-hydrogen) atoms. The molecule has 1 aromatic heterocycles. The van der Waals surface area contributed by atoms with Gasteiger partial charge in [-0.1, -0.05) is 35.0 Å². The molecule has 0 amide bonds. The van der Waals surface area contributed by atoms with Crippen LogP contribution in [-0.2, 0) is 4.74 Å². The molecule has 1 aliphatic rings. The fraction of sp³-hybridized carbons (Fsp3) is 0.263. The number of anilines is 1. The van der Waals surface area contributed by atoms with Gasteiger partial charge in [0.1, 0.15) is 0 Å². The van der Waals surface area contributed by atoms with Gasteiger partial charge in [0.15, 0.2) is 5.78 Å². The Bertz CT molecular complexity index is 1010. The molecule has 0 bridgehead atoms. The molecule has 0 spiro atoms. The smallest absolute Gasteiger partial charge is 0.214 e. The van der Waals surface area contributed by atoms with Crippen LogP contribution in [0.3, 0.4) is 0 Å². The van der Waals surface area contributed by atoms with Gasteiger partial charge < -0.3 is 9.64 Å². The molecular weight excluding hydrogens is 433 g/mol. The summed E-state index contributed by atoms with van der Waals surface area (Å²) in [4.78, 5) is 14.9. The Hall–Kier alpha value is -2.13. The van der Waals surface area contributed by atoms with Crippen molar-refractivity contribution in [1.29, 1.82) is 0 Å². The predicted octanol–water partition coefficient (Wildman–Crippen LogP) is 3.78. The van der Waals surface area contributed by atoms with Crippen molar-refractivity contribution in [3.8, 4) is 5.69 Å². The van der Waals surface area contributed by atoms with E-state index in [9.17, 15) is 4.79 Å². The van der Waals surface area contributed by atoms with Gasteiger partial charge in [0.05, 0.1) is 29.7 Å². The van der Waals surface area contributed by atoms with Gasteiger partial charge in [-0.15, -0.1) is 5.10 Å². The van der Waals surface area contributed by atoms with Crippen LogP contribution >= 0.6 is 35.0 Å². The Labute approximate surface area is 181 Å². The highest BCUT2D eigenvalue weighted by atomic mass is 35.5. The lowest BCUT2D eigenvalue weighted by atomic mass is 10.1. The molecule has 2 aromatic carbocycles. The van der Waals surface area contributed by atoms with E-state index in [-0.39, 0.29) is 11.5 Å².